The van der Waals surface area contributed by atoms with E-state index in [0.717, 1.165) is 41.0 Å². The lowest BCUT2D eigenvalue weighted by atomic mass is 9.98. The Labute approximate surface area is 179 Å². The zero-order valence-electron chi connectivity index (χ0n) is 17.5. The molecule has 0 radical (unpaired) electrons. The van der Waals surface area contributed by atoms with E-state index in [-0.39, 0.29) is 11.7 Å². The Morgan fingerprint density at radius 1 is 1.06 bits per heavy atom. The summed E-state index contributed by atoms with van der Waals surface area (Å²) in [7, 11) is 0. The van der Waals surface area contributed by atoms with Crippen molar-refractivity contribution in [1.29, 1.82) is 0 Å². The monoisotopic (exact) mass is 416 g/mol. The average molecular weight is 416 g/mol. The zero-order chi connectivity index (χ0) is 21.6. The normalized spacial score (nSPS) is 10.9. The van der Waals surface area contributed by atoms with Crippen LogP contribution in [0.3, 0.4) is 0 Å². The van der Waals surface area contributed by atoms with E-state index >= 15 is 0 Å². The predicted molar refractivity (Wildman–Crippen MR) is 116 cm³/mol. The van der Waals surface area contributed by atoms with Crippen molar-refractivity contribution in [1.82, 2.24) is 40.7 Å². The number of carbonyl (C=O) groups is 1. The van der Waals surface area contributed by atoms with Gasteiger partial charge in [-0.05, 0) is 40.5 Å². The molecule has 0 aliphatic rings. The summed E-state index contributed by atoms with van der Waals surface area (Å²) in [5.74, 6) is 1.39. The second-order valence-electron chi connectivity index (χ2n) is 7.10. The molecule has 31 heavy (non-hydrogen) atoms. The van der Waals surface area contributed by atoms with Crippen LogP contribution in [0, 0.1) is 0 Å². The topological polar surface area (TPSA) is 114 Å². The Morgan fingerprint density at radius 2 is 1.84 bits per heavy atom. The van der Waals surface area contributed by atoms with Crippen LogP contribution in [0.2, 0.25) is 0 Å². The number of tetrazole rings is 1. The number of amides is 1. The van der Waals surface area contributed by atoms with E-state index in [1.165, 1.54) is 0 Å². The molecule has 4 rings (SSSR count). The van der Waals surface area contributed by atoms with Crippen LogP contribution < -0.4 is 5.32 Å². The zero-order valence-corrected chi connectivity index (χ0v) is 17.5. The lowest BCUT2D eigenvalue weighted by Crippen LogP contribution is -2.24. The van der Waals surface area contributed by atoms with Crippen LogP contribution in [0.15, 0.2) is 48.5 Å². The van der Waals surface area contributed by atoms with Gasteiger partial charge < -0.3 is 5.32 Å². The highest BCUT2D eigenvalue weighted by atomic mass is 16.2. The summed E-state index contributed by atoms with van der Waals surface area (Å²) in [6.07, 6.45) is 1.51. The van der Waals surface area contributed by atoms with Gasteiger partial charge in [0.25, 0.3) is 5.91 Å². The van der Waals surface area contributed by atoms with Gasteiger partial charge in [-0.1, -0.05) is 55.5 Å². The molecular weight excluding hydrogens is 392 g/mol. The minimum absolute atomic E-state index is 0.219. The quantitative estimate of drug-likeness (QED) is 0.456. The van der Waals surface area contributed by atoms with E-state index in [9.17, 15) is 4.79 Å². The summed E-state index contributed by atoms with van der Waals surface area (Å²) < 4.78 is 1.82. The van der Waals surface area contributed by atoms with Crippen LogP contribution >= 0.6 is 0 Å². The fraction of sp³-hybridized carbons (Fsp3) is 0.273. The third-order valence-electron chi connectivity index (χ3n) is 4.88. The smallest absolute Gasteiger partial charge is 0.290 e. The van der Waals surface area contributed by atoms with Crippen molar-refractivity contribution >= 4 is 5.91 Å². The molecular formula is C22H24N8O. The summed E-state index contributed by atoms with van der Waals surface area (Å²) in [6.45, 7) is 5.22. The number of H-pyrrole nitrogens is 1. The van der Waals surface area contributed by atoms with E-state index in [2.05, 4.69) is 67.2 Å². The van der Waals surface area contributed by atoms with Crippen molar-refractivity contribution in [3.63, 3.8) is 0 Å². The van der Waals surface area contributed by atoms with Gasteiger partial charge in [0.1, 0.15) is 5.82 Å². The third kappa shape index (κ3) is 4.50. The Balaban J connectivity index is 1.58. The summed E-state index contributed by atoms with van der Waals surface area (Å²) in [5.41, 5.74) is 4.14. The van der Waals surface area contributed by atoms with Gasteiger partial charge >= 0.3 is 0 Å². The highest BCUT2D eigenvalue weighted by molar-refractivity contribution is 5.90. The maximum atomic E-state index is 12.1. The van der Waals surface area contributed by atoms with Gasteiger partial charge in [-0.3, -0.25) is 4.79 Å². The summed E-state index contributed by atoms with van der Waals surface area (Å²) >= 11 is 0. The maximum absolute atomic E-state index is 12.1. The van der Waals surface area contributed by atoms with E-state index in [0.29, 0.717) is 18.8 Å². The van der Waals surface area contributed by atoms with Crippen molar-refractivity contribution in [2.45, 2.75) is 33.2 Å². The molecule has 0 bridgehead atoms. The van der Waals surface area contributed by atoms with Crippen LogP contribution in [0.25, 0.3) is 22.5 Å². The van der Waals surface area contributed by atoms with Crippen LogP contribution in [-0.4, -0.2) is 47.8 Å². The highest BCUT2D eigenvalue weighted by Gasteiger charge is 2.16. The number of aryl methyl sites for hydroxylation is 1. The van der Waals surface area contributed by atoms with Crippen molar-refractivity contribution in [2.24, 2.45) is 0 Å². The Kier molecular flexibility index (Phi) is 6.11. The Morgan fingerprint density at radius 3 is 2.52 bits per heavy atom. The minimum atomic E-state index is -0.243. The predicted octanol–water partition coefficient (Wildman–Crippen LogP) is 2.88. The van der Waals surface area contributed by atoms with Crippen molar-refractivity contribution in [2.75, 3.05) is 6.54 Å². The molecule has 0 spiro atoms. The lowest BCUT2D eigenvalue weighted by Gasteiger charge is -2.09. The number of hydrogen-bond acceptors (Lipinski definition) is 6. The van der Waals surface area contributed by atoms with E-state index in [4.69, 9.17) is 0 Å². The molecule has 0 unspecified atom stereocenters. The van der Waals surface area contributed by atoms with Crippen molar-refractivity contribution < 1.29 is 4.79 Å². The van der Waals surface area contributed by atoms with E-state index < -0.39 is 0 Å². The minimum Gasteiger partial charge on any atom is -0.350 e. The van der Waals surface area contributed by atoms with Gasteiger partial charge in [0.2, 0.25) is 5.82 Å². The largest absolute Gasteiger partial charge is 0.350 e. The molecule has 0 aliphatic carbocycles. The molecule has 0 saturated heterocycles. The number of aromatic nitrogens is 7. The number of aromatic amines is 1. The molecule has 0 aliphatic heterocycles. The van der Waals surface area contributed by atoms with E-state index in [1.54, 1.807) is 0 Å². The number of rotatable bonds is 8. The molecule has 0 saturated carbocycles. The molecule has 9 nitrogen and oxygen atoms in total. The number of nitrogens with zero attached hydrogens (tertiary/aromatic N) is 6. The van der Waals surface area contributed by atoms with Crippen molar-refractivity contribution in [3.8, 4) is 22.5 Å². The SMILES string of the molecule is CCCn1nc(C(=O)NCC)nc1Cc1ccc(-c2ccccc2-c2nnn[nH]2)cc1. The fourth-order valence-electron chi connectivity index (χ4n) is 3.43. The van der Waals surface area contributed by atoms with Crippen LogP contribution in [0.1, 0.15) is 42.3 Å². The number of carbonyl (C=O) groups excluding carboxylic acids is 1. The Hall–Kier alpha value is -3.88. The second-order valence-corrected chi connectivity index (χ2v) is 7.10. The van der Waals surface area contributed by atoms with Gasteiger partial charge in [-0.2, -0.15) is 0 Å². The second kappa shape index (κ2) is 9.29. The standard InChI is InChI=1S/C22H24N8O/c1-3-13-30-19(24-21(27-30)22(31)23-4-2)14-15-9-11-16(12-10-15)17-7-5-6-8-18(17)20-25-28-29-26-20/h5-12H,3-4,13-14H2,1-2H3,(H,23,31)(H,25,26,28,29). The lowest BCUT2D eigenvalue weighted by molar-refractivity contribution is 0.0945. The first-order valence-corrected chi connectivity index (χ1v) is 10.3. The molecule has 0 atom stereocenters. The fourth-order valence-corrected chi connectivity index (χ4v) is 3.43. The maximum Gasteiger partial charge on any atom is 0.290 e. The van der Waals surface area contributed by atoms with Gasteiger partial charge in [-0.15, -0.1) is 10.2 Å². The number of hydrogen-bond donors (Lipinski definition) is 2. The van der Waals surface area contributed by atoms with Gasteiger partial charge in [-0.25, -0.2) is 14.8 Å². The average Bonchev–Trinajstić information content (AvgIpc) is 3.46. The molecule has 9 heteroatoms. The first kappa shape index (κ1) is 20.4. The van der Waals surface area contributed by atoms with Gasteiger partial charge in [0, 0.05) is 25.1 Å². The number of benzene rings is 2. The van der Waals surface area contributed by atoms with E-state index in [1.807, 2.05) is 35.9 Å². The van der Waals surface area contributed by atoms with Crippen molar-refractivity contribution in [3.05, 3.63) is 65.7 Å². The van der Waals surface area contributed by atoms with Gasteiger partial charge in [0.15, 0.2) is 5.82 Å². The molecule has 2 aromatic heterocycles. The van der Waals surface area contributed by atoms with Crippen LogP contribution in [0.5, 0.6) is 0 Å². The molecule has 1 amide bonds. The summed E-state index contributed by atoms with van der Waals surface area (Å²) in [6, 6.07) is 16.3. The molecule has 4 aromatic rings. The molecule has 2 N–H and O–H groups in total. The molecule has 2 heterocycles. The Bertz CT molecular complexity index is 1150. The first-order chi connectivity index (χ1) is 15.2. The first-order valence-electron chi connectivity index (χ1n) is 10.3. The number of nitrogens with one attached hydrogen (secondary N) is 2. The van der Waals surface area contributed by atoms with Crippen LogP contribution in [0.4, 0.5) is 0 Å². The molecule has 0 fully saturated rings. The summed E-state index contributed by atoms with van der Waals surface area (Å²) in [4.78, 5) is 16.6. The molecule has 2 aromatic carbocycles. The molecule has 158 valence electrons. The summed E-state index contributed by atoms with van der Waals surface area (Å²) in [5, 5.41) is 21.4. The van der Waals surface area contributed by atoms with Crippen LogP contribution in [-0.2, 0) is 13.0 Å². The van der Waals surface area contributed by atoms with Gasteiger partial charge in [0.05, 0.1) is 0 Å². The highest BCUT2D eigenvalue weighted by Crippen LogP contribution is 2.29. The third-order valence-corrected chi connectivity index (χ3v) is 4.88.